The quantitative estimate of drug-likeness (QED) is 0.847. The third kappa shape index (κ3) is 1.56. The Bertz CT molecular complexity index is 372. The van der Waals surface area contributed by atoms with Gasteiger partial charge in [-0.1, -0.05) is 12.8 Å². The van der Waals surface area contributed by atoms with Crippen molar-refractivity contribution in [2.24, 2.45) is 11.7 Å². The van der Waals surface area contributed by atoms with Gasteiger partial charge in [0.25, 0.3) is 0 Å². The molecule has 0 spiro atoms. The Kier molecular flexibility index (Phi) is 2.28. The van der Waals surface area contributed by atoms with Crippen molar-refractivity contribution in [3.05, 3.63) is 12.2 Å². The predicted octanol–water partition coefficient (Wildman–Crippen LogP) is 1.98. The van der Waals surface area contributed by atoms with Gasteiger partial charge in [-0.2, -0.15) is 0 Å². The minimum Gasteiger partial charge on any atom is -0.319 e. The minimum absolute atomic E-state index is 0.279. The Hall–Kier alpha value is -0.900. The van der Waals surface area contributed by atoms with E-state index < -0.39 is 0 Å². The highest BCUT2D eigenvalue weighted by molar-refractivity contribution is 5.11. The largest absolute Gasteiger partial charge is 0.319 e. The Labute approximate surface area is 96.2 Å². The fraction of sp³-hybridized carbons (Fsp3) is 0.833. The van der Waals surface area contributed by atoms with Crippen LogP contribution in [0.25, 0.3) is 0 Å². The molecule has 0 saturated heterocycles. The van der Waals surface area contributed by atoms with E-state index >= 15 is 0 Å². The Morgan fingerprint density at radius 3 is 2.62 bits per heavy atom. The van der Waals surface area contributed by atoms with Gasteiger partial charge in [-0.25, -0.2) is 0 Å². The monoisotopic (exact) mass is 220 g/mol. The van der Waals surface area contributed by atoms with Crippen LogP contribution in [0.2, 0.25) is 0 Å². The van der Waals surface area contributed by atoms with Crippen LogP contribution in [0.15, 0.2) is 6.33 Å². The summed E-state index contributed by atoms with van der Waals surface area (Å²) in [5, 5.41) is 8.36. The van der Waals surface area contributed by atoms with Crippen molar-refractivity contribution in [2.75, 3.05) is 0 Å². The van der Waals surface area contributed by atoms with Gasteiger partial charge >= 0.3 is 0 Å². The average Bonchev–Trinajstić information content (AvgIpc) is 2.82. The zero-order chi connectivity index (χ0) is 11.2. The molecule has 2 fully saturated rings. The number of nitrogens with two attached hydrogens (primary N) is 1. The summed E-state index contributed by atoms with van der Waals surface area (Å²) >= 11 is 0. The molecule has 2 N–H and O–H groups in total. The highest BCUT2D eigenvalue weighted by Crippen LogP contribution is 2.44. The van der Waals surface area contributed by atoms with E-state index in [4.69, 9.17) is 5.73 Å². The third-order valence-corrected chi connectivity index (χ3v) is 4.20. The number of hydrogen-bond donors (Lipinski definition) is 1. The fourth-order valence-corrected chi connectivity index (χ4v) is 2.94. The number of nitrogens with zero attached hydrogens (tertiary/aromatic N) is 3. The van der Waals surface area contributed by atoms with Crippen LogP contribution in [-0.2, 0) is 5.54 Å². The SMILES string of the molecule is CC(N)(c1nncn1C1CCCC1)C1CC1. The molecular weight excluding hydrogens is 200 g/mol. The molecule has 16 heavy (non-hydrogen) atoms. The summed E-state index contributed by atoms with van der Waals surface area (Å²) in [4.78, 5) is 0. The van der Waals surface area contributed by atoms with E-state index in [0.29, 0.717) is 12.0 Å². The van der Waals surface area contributed by atoms with Crippen molar-refractivity contribution in [3.8, 4) is 0 Å². The van der Waals surface area contributed by atoms with Gasteiger partial charge in [-0.15, -0.1) is 10.2 Å². The second kappa shape index (κ2) is 3.55. The van der Waals surface area contributed by atoms with Gasteiger partial charge in [-0.3, -0.25) is 0 Å². The number of hydrogen-bond acceptors (Lipinski definition) is 3. The van der Waals surface area contributed by atoms with Crippen LogP contribution in [-0.4, -0.2) is 14.8 Å². The first-order chi connectivity index (χ1) is 7.69. The molecule has 1 unspecified atom stereocenters. The molecule has 1 aromatic heterocycles. The molecule has 4 nitrogen and oxygen atoms in total. The van der Waals surface area contributed by atoms with Crippen LogP contribution in [0.1, 0.15) is 57.3 Å². The fourth-order valence-electron chi connectivity index (χ4n) is 2.94. The van der Waals surface area contributed by atoms with Crippen LogP contribution in [0, 0.1) is 5.92 Å². The smallest absolute Gasteiger partial charge is 0.153 e. The molecule has 0 radical (unpaired) electrons. The maximum absolute atomic E-state index is 6.43. The summed E-state index contributed by atoms with van der Waals surface area (Å²) in [5.41, 5.74) is 6.15. The van der Waals surface area contributed by atoms with Gasteiger partial charge in [-0.05, 0) is 38.5 Å². The Morgan fingerprint density at radius 2 is 2.00 bits per heavy atom. The molecule has 0 aromatic carbocycles. The molecule has 1 heterocycles. The first kappa shape index (κ1) is 10.3. The maximum atomic E-state index is 6.43. The molecule has 1 atom stereocenters. The van der Waals surface area contributed by atoms with E-state index in [2.05, 4.69) is 21.7 Å². The molecule has 2 saturated carbocycles. The Morgan fingerprint density at radius 1 is 1.31 bits per heavy atom. The second-order valence-corrected chi connectivity index (χ2v) is 5.56. The molecular formula is C12H20N4. The lowest BCUT2D eigenvalue weighted by Gasteiger charge is -2.26. The zero-order valence-corrected chi connectivity index (χ0v) is 9.89. The van der Waals surface area contributed by atoms with Crippen LogP contribution in [0.5, 0.6) is 0 Å². The van der Waals surface area contributed by atoms with E-state index in [1.54, 1.807) is 0 Å². The van der Waals surface area contributed by atoms with E-state index in [-0.39, 0.29) is 5.54 Å². The standard InChI is InChI=1S/C12H20N4/c1-12(13,9-6-7-9)11-15-14-8-16(11)10-4-2-3-5-10/h8-10H,2-7,13H2,1H3. The zero-order valence-electron chi connectivity index (χ0n) is 9.89. The molecule has 2 aliphatic rings. The van der Waals surface area contributed by atoms with Crippen LogP contribution < -0.4 is 5.73 Å². The first-order valence-electron chi connectivity index (χ1n) is 6.38. The first-order valence-corrected chi connectivity index (χ1v) is 6.38. The van der Waals surface area contributed by atoms with Crippen molar-refractivity contribution in [2.45, 2.75) is 57.0 Å². The summed E-state index contributed by atoms with van der Waals surface area (Å²) in [6.07, 6.45) is 9.52. The lowest BCUT2D eigenvalue weighted by molar-refractivity contribution is 0.359. The third-order valence-electron chi connectivity index (χ3n) is 4.20. The van der Waals surface area contributed by atoms with Crippen LogP contribution in [0.3, 0.4) is 0 Å². The highest BCUT2D eigenvalue weighted by atomic mass is 15.3. The molecule has 3 rings (SSSR count). The molecule has 0 amide bonds. The van der Waals surface area contributed by atoms with Crippen molar-refractivity contribution < 1.29 is 0 Å². The summed E-state index contributed by atoms with van der Waals surface area (Å²) in [6, 6.07) is 0.589. The van der Waals surface area contributed by atoms with Crippen molar-refractivity contribution in [1.82, 2.24) is 14.8 Å². The van der Waals surface area contributed by atoms with Crippen LogP contribution in [0.4, 0.5) is 0 Å². The number of rotatable bonds is 3. The van der Waals surface area contributed by atoms with Gasteiger partial charge in [0, 0.05) is 6.04 Å². The Balaban J connectivity index is 1.91. The van der Waals surface area contributed by atoms with E-state index in [1.807, 2.05) is 6.33 Å². The van der Waals surface area contributed by atoms with Crippen molar-refractivity contribution in [3.63, 3.8) is 0 Å². The van der Waals surface area contributed by atoms with Gasteiger partial charge in [0.05, 0.1) is 5.54 Å². The van der Waals surface area contributed by atoms with Crippen molar-refractivity contribution >= 4 is 0 Å². The van der Waals surface area contributed by atoms with Gasteiger partial charge in [0.15, 0.2) is 5.82 Å². The molecule has 0 bridgehead atoms. The molecule has 0 aliphatic heterocycles. The van der Waals surface area contributed by atoms with Gasteiger partial charge in [0.1, 0.15) is 6.33 Å². The lowest BCUT2D eigenvalue weighted by atomic mass is 9.96. The topological polar surface area (TPSA) is 56.7 Å². The average molecular weight is 220 g/mol. The summed E-state index contributed by atoms with van der Waals surface area (Å²) in [7, 11) is 0. The second-order valence-electron chi connectivity index (χ2n) is 5.56. The summed E-state index contributed by atoms with van der Waals surface area (Å²) in [6.45, 7) is 2.11. The molecule has 1 aromatic rings. The van der Waals surface area contributed by atoms with Crippen molar-refractivity contribution in [1.29, 1.82) is 0 Å². The highest BCUT2D eigenvalue weighted by Gasteiger charge is 2.43. The maximum Gasteiger partial charge on any atom is 0.153 e. The predicted molar refractivity (Wildman–Crippen MR) is 61.8 cm³/mol. The van der Waals surface area contributed by atoms with E-state index in [9.17, 15) is 0 Å². The van der Waals surface area contributed by atoms with E-state index in [0.717, 1.165) is 5.82 Å². The molecule has 88 valence electrons. The van der Waals surface area contributed by atoms with Crippen LogP contribution >= 0.6 is 0 Å². The van der Waals surface area contributed by atoms with E-state index in [1.165, 1.54) is 38.5 Å². The lowest BCUT2D eigenvalue weighted by Crippen LogP contribution is -2.39. The summed E-state index contributed by atoms with van der Waals surface area (Å²) in [5.74, 6) is 1.61. The molecule has 4 heteroatoms. The minimum atomic E-state index is -0.279. The molecule has 2 aliphatic carbocycles. The number of aromatic nitrogens is 3. The summed E-state index contributed by atoms with van der Waals surface area (Å²) < 4.78 is 2.24. The van der Waals surface area contributed by atoms with Gasteiger partial charge in [0.2, 0.25) is 0 Å². The van der Waals surface area contributed by atoms with Gasteiger partial charge < -0.3 is 10.3 Å². The normalized spacial score (nSPS) is 25.9.